The van der Waals surface area contributed by atoms with E-state index in [-0.39, 0.29) is 11.6 Å². The number of hydrogen-bond donors (Lipinski definition) is 1. The Hall–Kier alpha value is -2.58. The molecule has 168 valence electrons. The molecule has 32 heavy (non-hydrogen) atoms. The molecule has 0 amide bonds. The lowest BCUT2D eigenvalue weighted by Crippen LogP contribution is -2.52. The fourth-order valence-corrected chi connectivity index (χ4v) is 6.08. The van der Waals surface area contributed by atoms with Crippen LogP contribution in [0.5, 0.6) is 0 Å². The van der Waals surface area contributed by atoms with Gasteiger partial charge < -0.3 is 4.98 Å². The zero-order chi connectivity index (χ0) is 21.7. The van der Waals surface area contributed by atoms with Crippen LogP contribution in [0.15, 0.2) is 29.1 Å². The number of nitrogens with zero attached hydrogens (tertiary/aromatic N) is 6. The molecule has 3 aromatic rings. The van der Waals surface area contributed by atoms with E-state index in [1.165, 1.54) is 37.8 Å². The highest BCUT2D eigenvalue weighted by Gasteiger charge is 2.38. The number of benzene rings is 1. The van der Waals surface area contributed by atoms with Crippen LogP contribution in [0.1, 0.15) is 67.6 Å². The van der Waals surface area contributed by atoms with E-state index in [9.17, 15) is 4.79 Å². The standard InChI is InChI=1S/C24H31N7O/c1-16-8-9-21-17(13-16)14-20(24(32)25-21)22(30-12-11-29-10-4-7-19(29)15-30)23-26-27-28-31(23)18-5-2-3-6-18/h8-9,13-14,18-19,22H,2-7,10-12,15H2,1H3,(H,25,32)/t19-,22-/m0/s1. The predicted octanol–water partition coefficient (Wildman–Crippen LogP) is 2.81. The lowest BCUT2D eigenvalue weighted by atomic mass is 10.00. The van der Waals surface area contributed by atoms with Crippen molar-refractivity contribution >= 4 is 10.9 Å². The molecule has 2 aromatic heterocycles. The summed E-state index contributed by atoms with van der Waals surface area (Å²) < 4.78 is 2.03. The van der Waals surface area contributed by atoms with Gasteiger partial charge in [-0.2, -0.15) is 0 Å². The van der Waals surface area contributed by atoms with E-state index in [0.29, 0.717) is 12.1 Å². The lowest BCUT2D eigenvalue weighted by molar-refractivity contribution is 0.0783. The van der Waals surface area contributed by atoms with E-state index < -0.39 is 0 Å². The molecule has 2 saturated heterocycles. The first-order valence-electron chi connectivity index (χ1n) is 12.1. The van der Waals surface area contributed by atoms with E-state index in [0.717, 1.165) is 54.8 Å². The average Bonchev–Trinajstić information content (AvgIpc) is 3.55. The van der Waals surface area contributed by atoms with Gasteiger partial charge in [-0.15, -0.1) is 5.10 Å². The molecule has 1 N–H and O–H groups in total. The summed E-state index contributed by atoms with van der Waals surface area (Å²) in [4.78, 5) is 21.6. The third kappa shape index (κ3) is 3.46. The summed E-state index contributed by atoms with van der Waals surface area (Å²) in [5.74, 6) is 0.820. The number of pyridine rings is 1. The van der Waals surface area contributed by atoms with E-state index in [4.69, 9.17) is 0 Å². The van der Waals surface area contributed by atoms with Gasteiger partial charge in [0.15, 0.2) is 5.82 Å². The van der Waals surface area contributed by atoms with E-state index in [1.54, 1.807) is 0 Å². The van der Waals surface area contributed by atoms with Gasteiger partial charge in [-0.05, 0) is 73.2 Å². The molecule has 0 bridgehead atoms. The summed E-state index contributed by atoms with van der Waals surface area (Å²) >= 11 is 0. The fraction of sp³-hybridized carbons (Fsp3) is 0.583. The first kappa shape index (κ1) is 20.1. The molecular formula is C24H31N7O. The van der Waals surface area contributed by atoms with Crippen molar-refractivity contribution in [1.82, 2.24) is 35.0 Å². The lowest BCUT2D eigenvalue weighted by Gasteiger charge is -2.41. The van der Waals surface area contributed by atoms with Crippen molar-refractivity contribution in [2.45, 2.75) is 63.6 Å². The van der Waals surface area contributed by atoms with Gasteiger partial charge in [-0.25, -0.2) is 4.68 Å². The van der Waals surface area contributed by atoms with Crippen molar-refractivity contribution in [1.29, 1.82) is 0 Å². The van der Waals surface area contributed by atoms with Crippen LogP contribution in [-0.2, 0) is 0 Å². The number of piperazine rings is 1. The molecule has 2 atom stereocenters. The van der Waals surface area contributed by atoms with Crippen LogP contribution in [0.3, 0.4) is 0 Å². The van der Waals surface area contributed by atoms with Crippen molar-refractivity contribution in [3.8, 4) is 0 Å². The number of rotatable bonds is 4. The fourth-order valence-electron chi connectivity index (χ4n) is 6.08. The van der Waals surface area contributed by atoms with Gasteiger partial charge >= 0.3 is 0 Å². The summed E-state index contributed by atoms with van der Waals surface area (Å²) in [6, 6.07) is 8.89. The van der Waals surface area contributed by atoms with Crippen LogP contribution in [-0.4, -0.2) is 67.2 Å². The van der Waals surface area contributed by atoms with Crippen LogP contribution < -0.4 is 5.56 Å². The van der Waals surface area contributed by atoms with Crippen LogP contribution in [0.25, 0.3) is 10.9 Å². The third-order valence-corrected chi connectivity index (χ3v) is 7.74. The summed E-state index contributed by atoms with van der Waals surface area (Å²) in [6.07, 6.45) is 7.13. The van der Waals surface area contributed by atoms with Gasteiger partial charge in [0.2, 0.25) is 0 Å². The minimum absolute atomic E-state index is 0.0406. The Labute approximate surface area is 187 Å². The molecule has 1 aromatic carbocycles. The maximum atomic E-state index is 13.4. The maximum Gasteiger partial charge on any atom is 0.253 e. The largest absolute Gasteiger partial charge is 0.322 e. The van der Waals surface area contributed by atoms with Gasteiger partial charge in [0, 0.05) is 36.8 Å². The van der Waals surface area contributed by atoms with E-state index in [1.807, 2.05) is 16.8 Å². The summed E-state index contributed by atoms with van der Waals surface area (Å²) in [7, 11) is 0. The Kier molecular flexibility index (Phi) is 5.07. The summed E-state index contributed by atoms with van der Waals surface area (Å²) in [6.45, 7) is 6.19. The highest BCUT2D eigenvalue weighted by atomic mass is 16.1. The first-order valence-corrected chi connectivity index (χ1v) is 12.1. The van der Waals surface area contributed by atoms with E-state index >= 15 is 0 Å². The predicted molar refractivity (Wildman–Crippen MR) is 123 cm³/mol. The second kappa shape index (κ2) is 8.08. The Morgan fingerprint density at radius 2 is 1.88 bits per heavy atom. The maximum absolute atomic E-state index is 13.4. The number of nitrogens with one attached hydrogen (secondary N) is 1. The van der Waals surface area contributed by atoms with Crippen LogP contribution in [0.2, 0.25) is 0 Å². The molecule has 4 heterocycles. The van der Waals surface area contributed by atoms with Gasteiger partial charge in [0.05, 0.1) is 6.04 Å². The molecule has 6 rings (SSSR count). The smallest absolute Gasteiger partial charge is 0.253 e. The topological polar surface area (TPSA) is 82.9 Å². The Balaban J connectivity index is 1.47. The Bertz CT molecular complexity index is 1180. The molecular weight excluding hydrogens is 402 g/mol. The van der Waals surface area contributed by atoms with Crippen LogP contribution >= 0.6 is 0 Å². The van der Waals surface area contributed by atoms with Crippen LogP contribution in [0, 0.1) is 6.92 Å². The monoisotopic (exact) mass is 433 g/mol. The molecule has 2 aliphatic heterocycles. The minimum Gasteiger partial charge on any atom is -0.322 e. The highest BCUT2D eigenvalue weighted by Crippen LogP contribution is 2.35. The molecule has 8 heteroatoms. The van der Waals surface area contributed by atoms with Crippen molar-refractivity contribution in [3.05, 3.63) is 51.6 Å². The number of aromatic nitrogens is 5. The van der Waals surface area contributed by atoms with Crippen molar-refractivity contribution in [2.75, 3.05) is 26.2 Å². The average molecular weight is 434 g/mol. The van der Waals surface area contributed by atoms with Crippen molar-refractivity contribution < 1.29 is 0 Å². The summed E-state index contributed by atoms with van der Waals surface area (Å²) in [5, 5.41) is 14.1. The first-order chi connectivity index (χ1) is 15.7. The normalized spacial score (nSPS) is 23.7. The Morgan fingerprint density at radius 3 is 2.75 bits per heavy atom. The second-order valence-corrected chi connectivity index (χ2v) is 9.79. The number of fused-ring (bicyclic) bond motifs is 2. The second-order valence-electron chi connectivity index (χ2n) is 9.79. The number of H-pyrrole nitrogens is 1. The van der Waals surface area contributed by atoms with Gasteiger partial charge in [0.25, 0.3) is 5.56 Å². The zero-order valence-corrected chi connectivity index (χ0v) is 18.7. The van der Waals surface area contributed by atoms with Crippen molar-refractivity contribution in [3.63, 3.8) is 0 Å². The van der Waals surface area contributed by atoms with E-state index in [2.05, 4.69) is 49.4 Å². The van der Waals surface area contributed by atoms with Gasteiger partial charge in [-0.3, -0.25) is 14.6 Å². The number of aromatic amines is 1. The molecule has 8 nitrogen and oxygen atoms in total. The van der Waals surface area contributed by atoms with Crippen LogP contribution in [0.4, 0.5) is 0 Å². The molecule has 3 fully saturated rings. The SMILES string of the molecule is Cc1ccc2[nH]c(=O)c([C@@H](c3nnnn3C3CCCC3)N3CCN4CCC[C@H]4C3)cc2c1. The van der Waals surface area contributed by atoms with Gasteiger partial charge in [0.1, 0.15) is 6.04 Å². The molecule has 1 saturated carbocycles. The quantitative estimate of drug-likeness (QED) is 0.681. The van der Waals surface area contributed by atoms with Gasteiger partial charge in [-0.1, -0.05) is 24.5 Å². The highest BCUT2D eigenvalue weighted by molar-refractivity contribution is 5.79. The number of tetrazole rings is 1. The molecule has 3 aliphatic rings. The molecule has 0 radical (unpaired) electrons. The number of aryl methyl sites for hydroxylation is 1. The zero-order valence-electron chi connectivity index (χ0n) is 18.7. The summed E-state index contributed by atoms with van der Waals surface area (Å²) in [5.41, 5.74) is 2.77. The van der Waals surface area contributed by atoms with Crippen molar-refractivity contribution in [2.24, 2.45) is 0 Å². The number of hydrogen-bond acceptors (Lipinski definition) is 6. The Morgan fingerprint density at radius 1 is 1.03 bits per heavy atom. The molecule has 0 unspecified atom stereocenters. The minimum atomic E-state index is -0.234. The third-order valence-electron chi connectivity index (χ3n) is 7.74. The molecule has 1 aliphatic carbocycles. The molecule has 0 spiro atoms.